The van der Waals surface area contributed by atoms with Gasteiger partial charge in [0.1, 0.15) is 0 Å². The average Bonchev–Trinajstić information content (AvgIpc) is 2.77. The zero-order chi connectivity index (χ0) is 20.4. The molecule has 5 heteroatoms. The van der Waals surface area contributed by atoms with Crippen LogP contribution in [0.3, 0.4) is 0 Å². The van der Waals surface area contributed by atoms with Crippen molar-refractivity contribution in [2.45, 2.75) is 6.54 Å². The van der Waals surface area contributed by atoms with Crippen LogP contribution in [-0.2, 0) is 13.6 Å². The van der Waals surface area contributed by atoms with E-state index >= 15 is 0 Å². The summed E-state index contributed by atoms with van der Waals surface area (Å²) in [5, 5.41) is 13.8. The first-order chi connectivity index (χ1) is 14.1. The fraction of sp³-hybridized carbons (Fsp3) is 0.0833. The minimum absolute atomic E-state index is 0.000826. The summed E-state index contributed by atoms with van der Waals surface area (Å²) in [6.45, 7) is 0.271. The Morgan fingerprint density at radius 3 is 2.38 bits per heavy atom. The largest absolute Gasteiger partial charge is 0.502 e. The maximum atomic E-state index is 12.9. The van der Waals surface area contributed by atoms with E-state index in [0.717, 1.165) is 16.7 Å². The number of carbonyl (C=O) groups is 1. The zero-order valence-electron chi connectivity index (χ0n) is 15.9. The number of nitrogens with one attached hydrogen (secondary N) is 1. The van der Waals surface area contributed by atoms with Crippen LogP contribution >= 0.6 is 0 Å². The standard InChI is InChI=1S/C24H20N2O3/c1-26-20-14-8-7-13-19(20)21(22(27)24(26)29)23(28)25-15-17-11-5-6-12-18(17)16-9-3-2-4-10-16/h2-14,27H,15H2,1H3,(H,25,28). The molecule has 4 rings (SSSR count). The van der Waals surface area contributed by atoms with Crippen LogP contribution in [0, 0.1) is 0 Å². The minimum atomic E-state index is -0.599. The number of carbonyl (C=O) groups excluding carboxylic acids is 1. The molecule has 1 aromatic heterocycles. The highest BCUT2D eigenvalue weighted by Gasteiger charge is 2.20. The molecule has 144 valence electrons. The molecule has 2 N–H and O–H groups in total. The van der Waals surface area contributed by atoms with Gasteiger partial charge in [0.2, 0.25) is 0 Å². The van der Waals surface area contributed by atoms with Crippen molar-refractivity contribution < 1.29 is 9.90 Å². The smallest absolute Gasteiger partial charge is 0.293 e. The van der Waals surface area contributed by atoms with Crippen molar-refractivity contribution in [3.8, 4) is 16.9 Å². The molecule has 0 spiro atoms. The Kier molecular flexibility index (Phi) is 4.87. The average molecular weight is 384 g/mol. The number of aromatic nitrogens is 1. The summed E-state index contributed by atoms with van der Waals surface area (Å²) in [7, 11) is 1.57. The molecule has 0 aliphatic rings. The van der Waals surface area contributed by atoms with Crippen LogP contribution in [0.15, 0.2) is 83.7 Å². The Hall–Kier alpha value is -3.86. The van der Waals surface area contributed by atoms with Crippen molar-refractivity contribution in [3.05, 3.63) is 100 Å². The number of amides is 1. The molecule has 0 saturated heterocycles. The van der Waals surface area contributed by atoms with Gasteiger partial charge in [-0.3, -0.25) is 9.59 Å². The van der Waals surface area contributed by atoms with Gasteiger partial charge in [0.05, 0.1) is 11.1 Å². The highest BCUT2D eigenvalue weighted by Crippen LogP contribution is 2.25. The van der Waals surface area contributed by atoms with E-state index in [1.54, 1.807) is 31.3 Å². The molecule has 3 aromatic carbocycles. The summed E-state index contributed by atoms with van der Waals surface area (Å²) in [6.07, 6.45) is 0. The number of para-hydroxylation sites is 1. The van der Waals surface area contributed by atoms with E-state index < -0.39 is 17.2 Å². The molecule has 4 aromatic rings. The maximum Gasteiger partial charge on any atom is 0.293 e. The summed E-state index contributed by atoms with van der Waals surface area (Å²) in [6, 6.07) is 24.8. The summed E-state index contributed by atoms with van der Waals surface area (Å²) in [5.41, 5.74) is 3.01. The van der Waals surface area contributed by atoms with Crippen LogP contribution < -0.4 is 10.9 Å². The molecule has 1 amide bonds. The summed E-state index contributed by atoms with van der Waals surface area (Å²) < 4.78 is 1.34. The first-order valence-corrected chi connectivity index (χ1v) is 9.30. The number of hydrogen-bond donors (Lipinski definition) is 2. The number of hydrogen-bond acceptors (Lipinski definition) is 3. The summed E-state index contributed by atoms with van der Waals surface area (Å²) in [4.78, 5) is 25.3. The van der Waals surface area contributed by atoms with Crippen LogP contribution in [0.4, 0.5) is 0 Å². The predicted octanol–water partition coefficient (Wildman–Crippen LogP) is 3.84. The lowest BCUT2D eigenvalue weighted by Crippen LogP contribution is -2.27. The maximum absolute atomic E-state index is 12.9. The van der Waals surface area contributed by atoms with Crippen molar-refractivity contribution in [3.63, 3.8) is 0 Å². The van der Waals surface area contributed by atoms with Gasteiger partial charge >= 0.3 is 0 Å². The van der Waals surface area contributed by atoms with Crippen LogP contribution in [0.2, 0.25) is 0 Å². The number of benzene rings is 3. The van der Waals surface area contributed by atoms with E-state index in [1.807, 2.05) is 54.6 Å². The van der Waals surface area contributed by atoms with Crippen LogP contribution in [0.25, 0.3) is 22.0 Å². The highest BCUT2D eigenvalue weighted by molar-refractivity contribution is 6.08. The Morgan fingerprint density at radius 1 is 0.931 bits per heavy atom. The van der Waals surface area contributed by atoms with E-state index in [0.29, 0.717) is 10.9 Å². The molecular formula is C24H20N2O3. The van der Waals surface area contributed by atoms with Crippen LogP contribution in [-0.4, -0.2) is 15.6 Å². The van der Waals surface area contributed by atoms with Crippen LogP contribution in [0.5, 0.6) is 5.75 Å². The SMILES string of the molecule is Cn1c(=O)c(O)c(C(=O)NCc2ccccc2-c2ccccc2)c2ccccc21. The normalized spacial score (nSPS) is 10.8. The van der Waals surface area contributed by atoms with Gasteiger partial charge in [-0.15, -0.1) is 0 Å². The monoisotopic (exact) mass is 384 g/mol. The Balaban J connectivity index is 1.69. The van der Waals surface area contributed by atoms with Gasteiger partial charge in [-0.2, -0.15) is 0 Å². The third-order valence-electron chi connectivity index (χ3n) is 5.05. The zero-order valence-corrected chi connectivity index (χ0v) is 15.9. The Morgan fingerprint density at radius 2 is 1.59 bits per heavy atom. The van der Waals surface area contributed by atoms with Gasteiger partial charge < -0.3 is 15.0 Å². The molecule has 0 radical (unpaired) electrons. The molecule has 5 nitrogen and oxygen atoms in total. The number of aromatic hydroxyl groups is 1. The second kappa shape index (κ2) is 7.64. The van der Waals surface area contributed by atoms with Gasteiger partial charge in [0.15, 0.2) is 5.75 Å². The highest BCUT2D eigenvalue weighted by atomic mass is 16.3. The second-order valence-electron chi connectivity index (χ2n) is 6.81. The fourth-order valence-electron chi connectivity index (χ4n) is 3.55. The predicted molar refractivity (Wildman–Crippen MR) is 114 cm³/mol. The fourth-order valence-corrected chi connectivity index (χ4v) is 3.55. The lowest BCUT2D eigenvalue weighted by Gasteiger charge is -2.14. The molecule has 0 unspecified atom stereocenters. The van der Waals surface area contributed by atoms with Gasteiger partial charge in [-0.1, -0.05) is 72.8 Å². The Bertz CT molecular complexity index is 1260. The first kappa shape index (κ1) is 18.5. The summed E-state index contributed by atoms with van der Waals surface area (Å²) in [5.74, 6) is -1.03. The molecule has 0 atom stereocenters. The molecule has 29 heavy (non-hydrogen) atoms. The summed E-state index contributed by atoms with van der Waals surface area (Å²) >= 11 is 0. The third kappa shape index (κ3) is 3.38. The topological polar surface area (TPSA) is 71.3 Å². The minimum Gasteiger partial charge on any atom is -0.502 e. The third-order valence-corrected chi connectivity index (χ3v) is 5.05. The van der Waals surface area contributed by atoms with Crippen molar-refractivity contribution in [2.75, 3.05) is 0 Å². The lowest BCUT2D eigenvalue weighted by molar-refractivity contribution is 0.0949. The van der Waals surface area contributed by atoms with E-state index in [4.69, 9.17) is 0 Å². The number of nitrogens with zero attached hydrogens (tertiary/aromatic N) is 1. The van der Waals surface area contributed by atoms with Crippen molar-refractivity contribution in [1.82, 2.24) is 9.88 Å². The molecule has 1 heterocycles. The molecular weight excluding hydrogens is 364 g/mol. The van der Waals surface area contributed by atoms with Gasteiger partial charge in [0, 0.05) is 19.0 Å². The van der Waals surface area contributed by atoms with E-state index in [9.17, 15) is 14.7 Å². The number of pyridine rings is 1. The van der Waals surface area contributed by atoms with Crippen molar-refractivity contribution in [2.24, 2.45) is 7.05 Å². The van der Waals surface area contributed by atoms with Gasteiger partial charge in [-0.25, -0.2) is 0 Å². The molecule has 0 bridgehead atoms. The quantitative estimate of drug-likeness (QED) is 0.562. The van der Waals surface area contributed by atoms with E-state index in [-0.39, 0.29) is 12.1 Å². The first-order valence-electron chi connectivity index (χ1n) is 9.30. The van der Waals surface area contributed by atoms with E-state index in [2.05, 4.69) is 5.32 Å². The molecule has 0 aliphatic carbocycles. The lowest BCUT2D eigenvalue weighted by atomic mass is 9.99. The van der Waals surface area contributed by atoms with Gasteiger partial charge in [0.25, 0.3) is 11.5 Å². The van der Waals surface area contributed by atoms with E-state index in [1.165, 1.54) is 4.57 Å². The van der Waals surface area contributed by atoms with Crippen molar-refractivity contribution in [1.29, 1.82) is 0 Å². The Labute approximate surface area is 167 Å². The van der Waals surface area contributed by atoms with Crippen molar-refractivity contribution >= 4 is 16.8 Å². The molecule has 0 aliphatic heterocycles. The number of rotatable bonds is 4. The number of aryl methyl sites for hydroxylation is 1. The van der Waals surface area contributed by atoms with Gasteiger partial charge in [-0.05, 0) is 22.8 Å². The number of fused-ring (bicyclic) bond motifs is 1. The molecule has 0 saturated carbocycles. The van der Waals surface area contributed by atoms with Crippen LogP contribution in [0.1, 0.15) is 15.9 Å². The second-order valence-corrected chi connectivity index (χ2v) is 6.81. The molecule has 0 fully saturated rings.